The van der Waals surface area contributed by atoms with Crippen LogP contribution in [0.1, 0.15) is 63.8 Å². The zero-order chi connectivity index (χ0) is 46.6. The molecule has 0 N–H and O–H groups in total. The molecule has 1 aliphatic rings. The van der Waals surface area contributed by atoms with Gasteiger partial charge in [-0.1, -0.05) is 169 Å². The number of hydrogen-bond acceptors (Lipinski definition) is 2. The predicted molar refractivity (Wildman–Crippen MR) is 291 cm³/mol. The van der Waals surface area contributed by atoms with Crippen LogP contribution in [0.25, 0.3) is 99.1 Å². The Morgan fingerprint density at radius 1 is 0.368 bits per heavy atom. The molecule has 1 aromatic heterocycles. The first-order valence-electron chi connectivity index (χ1n) is 24.1. The van der Waals surface area contributed by atoms with Crippen LogP contribution in [0.5, 0.6) is 0 Å². The second-order valence-corrected chi connectivity index (χ2v) is 21.1. The summed E-state index contributed by atoms with van der Waals surface area (Å²) in [5.74, 6) is 0. The third-order valence-electron chi connectivity index (χ3n) is 14.5. The number of aryl methyl sites for hydroxylation is 2. The molecule has 0 saturated carbocycles. The highest BCUT2D eigenvalue weighted by Gasteiger charge is 2.27. The molecule has 0 amide bonds. The maximum atomic E-state index is 6.81. The number of benzene rings is 10. The van der Waals surface area contributed by atoms with Crippen LogP contribution in [0, 0.1) is 13.8 Å². The molecule has 68 heavy (non-hydrogen) atoms. The summed E-state index contributed by atoms with van der Waals surface area (Å²) in [7, 11) is 0. The lowest BCUT2D eigenvalue weighted by Gasteiger charge is -2.30. The molecule has 11 aromatic rings. The Bertz CT molecular complexity index is 3800. The quantitative estimate of drug-likeness (QED) is 0.165. The molecule has 10 aromatic carbocycles. The van der Waals surface area contributed by atoms with Crippen molar-refractivity contribution in [2.45, 2.75) is 66.2 Å². The summed E-state index contributed by atoms with van der Waals surface area (Å²) in [6, 6.07) is 70.3. The molecule has 0 fully saturated rings. The number of para-hydroxylation sites is 1. The van der Waals surface area contributed by atoms with Crippen molar-refractivity contribution in [2.24, 2.45) is 0 Å². The maximum absolute atomic E-state index is 6.81. The lowest BCUT2D eigenvalue weighted by molar-refractivity contribution is 0.590. The van der Waals surface area contributed by atoms with Crippen molar-refractivity contribution in [1.29, 1.82) is 0 Å². The fraction of sp³-hybridized carbons (Fsp3) is 0.152. The first-order valence-corrected chi connectivity index (χ1v) is 24.1. The minimum Gasteiger partial charge on any atom is -0.454 e. The molecule has 0 aliphatic heterocycles. The number of nitrogens with zero attached hydrogens (tertiary/aromatic N) is 1. The lowest BCUT2D eigenvalue weighted by Crippen LogP contribution is -2.13. The van der Waals surface area contributed by atoms with E-state index in [1.807, 2.05) is 0 Å². The van der Waals surface area contributed by atoms with E-state index < -0.39 is 0 Å². The average molecular weight is 878 g/mol. The van der Waals surface area contributed by atoms with Gasteiger partial charge >= 0.3 is 0 Å². The van der Waals surface area contributed by atoms with Gasteiger partial charge in [0, 0.05) is 22.1 Å². The van der Waals surface area contributed by atoms with Crippen molar-refractivity contribution in [3.8, 4) is 55.6 Å². The van der Waals surface area contributed by atoms with Crippen molar-refractivity contribution < 1.29 is 4.42 Å². The number of anilines is 3. The van der Waals surface area contributed by atoms with Gasteiger partial charge in [-0.25, -0.2) is 0 Å². The summed E-state index contributed by atoms with van der Waals surface area (Å²) >= 11 is 0. The Labute approximate surface area is 400 Å². The molecule has 0 atom stereocenters. The summed E-state index contributed by atoms with van der Waals surface area (Å²) in [6.07, 6.45) is 0. The van der Waals surface area contributed by atoms with Crippen molar-refractivity contribution in [3.63, 3.8) is 0 Å². The van der Waals surface area contributed by atoms with E-state index in [1.165, 1.54) is 93.9 Å². The molecule has 1 heterocycles. The standard InChI is InChI=1S/C66H55NO/c1-40-18-20-46(42-14-10-9-11-15-42)39-61(40)67(63-41(2)19-31-54-53-16-12-13-17-62(53)68-64(54)63)52-30-25-45-33-57-58(36-47(45)32-52)60-38-49-35-56(44-23-28-51(29-24-44)66(6,7)8)55(34-48(49)37-59(57)60)43-21-26-50(27-22-43)65(3,4)5/h9-39H,1-8H3. The van der Waals surface area contributed by atoms with E-state index in [4.69, 9.17) is 4.42 Å². The third-order valence-corrected chi connectivity index (χ3v) is 14.5. The fourth-order valence-electron chi connectivity index (χ4n) is 10.6. The number of hydrogen-bond donors (Lipinski definition) is 0. The van der Waals surface area contributed by atoms with Crippen molar-refractivity contribution in [1.82, 2.24) is 0 Å². The van der Waals surface area contributed by atoms with E-state index in [2.05, 4.69) is 248 Å². The topological polar surface area (TPSA) is 16.4 Å². The van der Waals surface area contributed by atoms with E-state index in [9.17, 15) is 0 Å². The second kappa shape index (κ2) is 15.4. The third kappa shape index (κ3) is 6.93. The van der Waals surface area contributed by atoms with Crippen molar-refractivity contribution in [3.05, 3.63) is 210 Å². The van der Waals surface area contributed by atoms with Gasteiger partial charge in [0.05, 0.1) is 5.69 Å². The molecule has 0 radical (unpaired) electrons. The zero-order valence-corrected chi connectivity index (χ0v) is 40.3. The molecule has 12 rings (SSSR count). The van der Waals surface area contributed by atoms with Crippen LogP contribution in [0.3, 0.4) is 0 Å². The summed E-state index contributed by atoms with van der Waals surface area (Å²) in [4.78, 5) is 2.44. The highest BCUT2D eigenvalue weighted by Crippen LogP contribution is 2.53. The SMILES string of the molecule is Cc1ccc(-c2ccccc2)cc1N(c1ccc2cc3c(cc2c1)-c1cc2cc(-c4ccc(C(C)(C)C)cc4)c(-c4ccc(C(C)(C)C)cc4)cc2cc1-3)c1c(C)ccc2c1oc1ccccc12. The van der Waals surface area contributed by atoms with Gasteiger partial charge in [0.2, 0.25) is 0 Å². The minimum absolute atomic E-state index is 0.0837. The van der Waals surface area contributed by atoms with Gasteiger partial charge in [-0.05, 0) is 185 Å². The fourth-order valence-corrected chi connectivity index (χ4v) is 10.6. The summed E-state index contributed by atoms with van der Waals surface area (Å²) in [5, 5.41) is 7.18. The first-order chi connectivity index (χ1) is 32.8. The molecule has 0 saturated heterocycles. The van der Waals surface area contributed by atoms with Gasteiger partial charge in [-0.3, -0.25) is 0 Å². The molecule has 330 valence electrons. The van der Waals surface area contributed by atoms with Gasteiger partial charge in [-0.2, -0.15) is 0 Å². The van der Waals surface area contributed by atoms with Gasteiger partial charge in [0.1, 0.15) is 5.58 Å². The second-order valence-electron chi connectivity index (χ2n) is 21.1. The molecular weight excluding hydrogens is 823 g/mol. The van der Waals surface area contributed by atoms with Crippen LogP contribution in [0.4, 0.5) is 17.1 Å². The number of fused-ring (bicyclic) bond motifs is 9. The number of furan rings is 1. The van der Waals surface area contributed by atoms with E-state index in [0.717, 1.165) is 44.6 Å². The predicted octanol–water partition coefficient (Wildman–Crippen LogP) is 19.2. The molecule has 0 spiro atoms. The van der Waals surface area contributed by atoms with Crippen LogP contribution < -0.4 is 4.90 Å². The van der Waals surface area contributed by atoms with Gasteiger partial charge in [0.15, 0.2) is 5.58 Å². The summed E-state index contributed by atoms with van der Waals surface area (Å²) in [6.45, 7) is 18.1. The van der Waals surface area contributed by atoms with Crippen molar-refractivity contribution >= 4 is 60.5 Å². The molecule has 2 nitrogen and oxygen atoms in total. The van der Waals surface area contributed by atoms with Crippen LogP contribution in [0.15, 0.2) is 192 Å². The van der Waals surface area contributed by atoms with Crippen LogP contribution in [0.2, 0.25) is 0 Å². The van der Waals surface area contributed by atoms with Crippen LogP contribution in [-0.2, 0) is 10.8 Å². The molecule has 2 heteroatoms. The Morgan fingerprint density at radius 3 is 1.46 bits per heavy atom. The highest BCUT2D eigenvalue weighted by molar-refractivity contribution is 6.14. The Balaban J connectivity index is 1.01. The molecular formula is C66H55NO. The largest absolute Gasteiger partial charge is 0.454 e. The van der Waals surface area contributed by atoms with Crippen LogP contribution >= 0.6 is 0 Å². The van der Waals surface area contributed by atoms with E-state index in [-0.39, 0.29) is 10.8 Å². The minimum atomic E-state index is 0.0837. The van der Waals surface area contributed by atoms with Crippen LogP contribution in [-0.4, -0.2) is 0 Å². The maximum Gasteiger partial charge on any atom is 0.159 e. The first kappa shape index (κ1) is 41.7. The van der Waals surface area contributed by atoms with E-state index in [1.54, 1.807) is 0 Å². The average Bonchev–Trinajstić information content (AvgIpc) is 3.72. The Kier molecular flexibility index (Phi) is 9.47. The normalized spacial score (nSPS) is 12.4. The van der Waals surface area contributed by atoms with Gasteiger partial charge in [-0.15, -0.1) is 0 Å². The Morgan fingerprint density at radius 2 is 0.868 bits per heavy atom. The molecule has 1 aliphatic carbocycles. The van der Waals surface area contributed by atoms with Gasteiger partial charge in [0.25, 0.3) is 0 Å². The smallest absolute Gasteiger partial charge is 0.159 e. The Hall–Kier alpha value is -7.68. The molecule has 0 bridgehead atoms. The number of rotatable bonds is 6. The van der Waals surface area contributed by atoms with E-state index in [0.29, 0.717) is 0 Å². The summed E-state index contributed by atoms with van der Waals surface area (Å²) in [5.41, 5.74) is 22.8. The lowest BCUT2D eigenvalue weighted by atomic mass is 9.77. The zero-order valence-electron chi connectivity index (χ0n) is 40.3. The van der Waals surface area contributed by atoms with Crippen molar-refractivity contribution in [2.75, 3.05) is 4.90 Å². The summed E-state index contributed by atoms with van der Waals surface area (Å²) < 4.78 is 6.81. The van der Waals surface area contributed by atoms with Gasteiger partial charge < -0.3 is 9.32 Å². The highest BCUT2D eigenvalue weighted by atomic mass is 16.3. The molecule has 0 unspecified atom stereocenters. The monoisotopic (exact) mass is 877 g/mol. The van der Waals surface area contributed by atoms with E-state index >= 15 is 0 Å².